The third kappa shape index (κ3) is 18.2. The molecule has 0 bridgehead atoms. The highest BCUT2D eigenvalue weighted by Gasteiger charge is 2.22. The number of carbonyl (C=O) groups excluding carboxylic acids is 2. The maximum Gasteiger partial charge on any atom is 0.178 e. The summed E-state index contributed by atoms with van der Waals surface area (Å²) in [5.41, 5.74) is 12.4. The summed E-state index contributed by atoms with van der Waals surface area (Å²) in [4.78, 5) is 23.2. The average Bonchev–Trinajstić information content (AvgIpc) is 3.52. The van der Waals surface area contributed by atoms with Gasteiger partial charge in [-0.05, 0) is 169 Å². The molecule has 0 unspecified atom stereocenters. The minimum Gasteiger partial charge on any atom is -0.290 e. The molecule has 0 radical (unpaired) electrons. The van der Waals surface area contributed by atoms with Crippen LogP contribution in [0.5, 0.6) is 0 Å². The van der Waals surface area contributed by atoms with Gasteiger partial charge in [0.05, 0.1) is 0 Å². The largest absolute Gasteiger partial charge is 0.290 e. The highest BCUT2D eigenvalue weighted by molar-refractivity contribution is 7.80. The third-order valence-corrected chi connectivity index (χ3v) is 19.0. The van der Waals surface area contributed by atoms with Crippen LogP contribution in [0.25, 0.3) is 24.3 Å². The molecule has 2 nitrogen and oxygen atoms in total. The maximum atomic E-state index is 11.6. The Kier molecular flexibility index (Phi) is 23.4. The Bertz CT molecular complexity index is 3090. The minimum absolute atomic E-state index is 0.0114. The lowest BCUT2D eigenvalue weighted by Crippen LogP contribution is -2.25. The second-order valence-corrected chi connectivity index (χ2v) is 23.4. The monoisotopic (exact) mass is 1080 g/mol. The van der Waals surface area contributed by atoms with E-state index in [-0.39, 0.29) is 11.6 Å². The van der Waals surface area contributed by atoms with Crippen LogP contribution in [0.1, 0.15) is 55.6 Å². The van der Waals surface area contributed by atoms with E-state index in [1.54, 1.807) is 24.3 Å². The van der Waals surface area contributed by atoms with Crippen LogP contribution in [0.3, 0.4) is 0 Å². The Balaban J connectivity index is 0.000000155. The van der Waals surface area contributed by atoms with Gasteiger partial charge in [-0.3, -0.25) is 9.59 Å². The van der Waals surface area contributed by atoms with Crippen LogP contribution in [0.15, 0.2) is 291 Å². The summed E-state index contributed by atoms with van der Waals surface area (Å²) in [6.07, 6.45) is 13.6. The van der Waals surface area contributed by atoms with E-state index >= 15 is 0 Å². The van der Waals surface area contributed by atoms with Gasteiger partial charge in [-0.1, -0.05) is 291 Å². The molecule has 0 saturated heterocycles. The van der Waals surface area contributed by atoms with Gasteiger partial charge in [0.2, 0.25) is 0 Å². The van der Waals surface area contributed by atoms with Gasteiger partial charge in [0.25, 0.3) is 0 Å². The molecule has 0 amide bonds. The predicted molar refractivity (Wildman–Crippen MR) is 351 cm³/mol. The predicted octanol–water partition coefficient (Wildman–Crippen LogP) is 16.7. The van der Waals surface area contributed by atoms with Crippen LogP contribution in [0.2, 0.25) is 0 Å². The summed E-state index contributed by atoms with van der Waals surface area (Å²) < 4.78 is 0. The molecule has 0 aliphatic rings. The summed E-state index contributed by atoms with van der Waals surface area (Å²) >= 11 is 0. The fraction of sp³-hybridized carbons (Fsp3) is 0.0789. The van der Waals surface area contributed by atoms with Crippen molar-refractivity contribution in [3.63, 3.8) is 0 Å². The summed E-state index contributed by atoms with van der Waals surface area (Å²) in [6, 6.07) is 91.9. The van der Waals surface area contributed by atoms with Crippen molar-refractivity contribution < 1.29 is 9.59 Å². The number of ketones is 2. The Labute approximate surface area is 478 Å². The molecule has 0 aliphatic carbocycles. The molecule has 0 aliphatic heterocycles. The van der Waals surface area contributed by atoms with Crippen molar-refractivity contribution in [1.82, 2.24) is 0 Å². The standard InChI is InChI=1S/2C21H21P.2C17H14O/c2*1-16-10-4-7-13-19(16)22(20-14-8-5-11-17(20)2)21-15-9-6-12-18(21)3;2*18-17(13-11-15-7-3-1-4-8-15)14-12-16-9-5-2-6-10-16/h2*4-15H,1-3H3;2*1-14H. The first-order valence-corrected chi connectivity index (χ1v) is 29.7. The Morgan fingerprint density at radius 3 is 0.537 bits per heavy atom. The lowest BCUT2D eigenvalue weighted by atomic mass is 10.1. The molecule has 10 aromatic rings. The van der Waals surface area contributed by atoms with E-state index in [1.165, 1.54) is 65.2 Å². The molecular weight excluding hydrogens is 1010 g/mol. The smallest absolute Gasteiger partial charge is 0.178 e. The average molecular weight is 1080 g/mol. The quantitative estimate of drug-likeness (QED) is 0.0803. The zero-order chi connectivity index (χ0) is 56.3. The Morgan fingerprint density at radius 2 is 0.375 bits per heavy atom. The van der Waals surface area contributed by atoms with E-state index < -0.39 is 15.8 Å². The molecule has 0 atom stereocenters. The summed E-state index contributed by atoms with van der Waals surface area (Å²) in [6.45, 7) is 13.3. The Morgan fingerprint density at radius 1 is 0.225 bits per heavy atom. The van der Waals surface area contributed by atoms with Gasteiger partial charge in [-0.15, -0.1) is 0 Å². The van der Waals surface area contributed by atoms with Crippen LogP contribution in [-0.2, 0) is 9.59 Å². The first-order valence-electron chi connectivity index (χ1n) is 27.0. The summed E-state index contributed by atoms with van der Waals surface area (Å²) in [7, 11) is -1.02. The molecular formula is C76H70O2P2. The van der Waals surface area contributed by atoms with E-state index in [1.807, 2.05) is 146 Å². The van der Waals surface area contributed by atoms with Crippen LogP contribution in [-0.4, -0.2) is 11.6 Å². The van der Waals surface area contributed by atoms with E-state index in [9.17, 15) is 9.59 Å². The van der Waals surface area contributed by atoms with Crippen molar-refractivity contribution in [3.8, 4) is 0 Å². The van der Waals surface area contributed by atoms with Crippen molar-refractivity contribution >= 4 is 83.5 Å². The molecule has 0 saturated carbocycles. The van der Waals surface area contributed by atoms with Crippen LogP contribution in [0, 0.1) is 41.5 Å². The molecule has 10 aromatic carbocycles. The molecule has 0 spiro atoms. The second-order valence-electron chi connectivity index (χ2n) is 19.2. The molecule has 0 heterocycles. The number of allylic oxidation sites excluding steroid dienone is 4. The van der Waals surface area contributed by atoms with Gasteiger partial charge >= 0.3 is 0 Å². The van der Waals surface area contributed by atoms with Crippen molar-refractivity contribution in [2.45, 2.75) is 41.5 Å². The number of rotatable bonds is 14. The normalized spacial score (nSPS) is 11.0. The number of hydrogen-bond acceptors (Lipinski definition) is 2. The SMILES string of the molecule is Cc1ccccc1P(c1ccccc1C)c1ccccc1C.Cc1ccccc1P(c1ccccc1C)c1ccccc1C.O=C(C=Cc1ccccc1)C=Cc1ccccc1.O=C(C=Cc1ccccc1)C=Cc1ccccc1. The maximum absolute atomic E-state index is 11.6. The van der Waals surface area contributed by atoms with Crippen molar-refractivity contribution in [2.24, 2.45) is 0 Å². The fourth-order valence-corrected chi connectivity index (χ4v) is 14.3. The summed E-state index contributed by atoms with van der Waals surface area (Å²) in [5, 5.41) is 8.76. The van der Waals surface area contributed by atoms with E-state index in [0.29, 0.717) is 0 Å². The van der Waals surface area contributed by atoms with Gasteiger partial charge in [0.1, 0.15) is 0 Å². The lowest BCUT2D eigenvalue weighted by molar-refractivity contribution is -0.111. The molecule has 10 rings (SSSR count). The highest BCUT2D eigenvalue weighted by Crippen LogP contribution is 2.37. The number of benzene rings is 10. The van der Waals surface area contributed by atoms with Crippen LogP contribution < -0.4 is 31.8 Å². The van der Waals surface area contributed by atoms with E-state index in [4.69, 9.17) is 0 Å². The van der Waals surface area contributed by atoms with Gasteiger partial charge in [-0.2, -0.15) is 0 Å². The summed E-state index contributed by atoms with van der Waals surface area (Å²) in [5.74, 6) is -0.0228. The van der Waals surface area contributed by atoms with Crippen LogP contribution >= 0.6 is 15.8 Å². The van der Waals surface area contributed by atoms with Crippen molar-refractivity contribution in [1.29, 1.82) is 0 Å². The first kappa shape index (κ1) is 59.0. The Hall–Kier alpha value is -8.64. The zero-order valence-electron chi connectivity index (χ0n) is 46.7. The van der Waals surface area contributed by atoms with E-state index in [0.717, 1.165) is 22.3 Å². The van der Waals surface area contributed by atoms with Crippen LogP contribution in [0.4, 0.5) is 0 Å². The fourth-order valence-electron chi connectivity index (χ4n) is 8.75. The first-order chi connectivity index (χ1) is 39.0. The van der Waals surface area contributed by atoms with E-state index in [2.05, 4.69) is 187 Å². The number of aryl methyl sites for hydroxylation is 6. The van der Waals surface area contributed by atoms with Gasteiger partial charge in [0, 0.05) is 0 Å². The molecule has 396 valence electrons. The minimum atomic E-state index is -0.508. The van der Waals surface area contributed by atoms with Gasteiger partial charge < -0.3 is 0 Å². The second kappa shape index (κ2) is 31.7. The number of carbonyl (C=O) groups is 2. The molecule has 0 N–H and O–H groups in total. The number of hydrogen-bond donors (Lipinski definition) is 0. The topological polar surface area (TPSA) is 34.1 Å². The zero-order valence-corrected chi connectivity index (χ0v) is 48.5. The third-order valence-electron chi connectivity index (χ3n) is 13.1. The highest BCUT2D eigenvalue weighted by atomic mass is 31.1. The molecule has 80 heavy (non-hydrogen) atoms. The lowest BCUT2D eigenvalue weighted by Gasteiger charge is -2.24. The van der Waals surface area contributed by atoms with Crippen molar-refractivity contribution in [3.05, 3.63) is 347 Å². The molecule has 0 aromatic heterocycles. The van der Waals surface area contributed by atoms with Gasteiger partial charge in [-0.25, -0.2) is 0 Å². The molecule has 4 heteroatoms. The van der Waals surface area contributed by atoms with Gasteiger partial charge in [0.15, 0.2) is 11.6 Å². The van der Waals surface area contributed by atoms with Crippen molar-refractivity contribution in [2.75, 3.05) is 0 Å². The molecule has 0 fully saturated rings.